The van der Waals surface area contributed by atoms with E-state index in [1.807, 2.05) is 0 Å². The zero-order valence-electron chi connectivity index (χ0n) is 13.2. The second kappa shape index (κ2) is 6.95. The van der Waals surface area contributed by atoms with E-state index in [0.29, 0.717) is 11.9 Å². The Morgan fingerprint density at radius 2 is 1.80 bits per heavy atom. The van der Waals surface area contributed by atoms with Gasteiger partial charge in [0, 0.05) is 6.04 Å². The molecular weight excluding hydrogens is 355 g/mol. The van der Waals surface area contributed by atoms with Crippen molar-refractivity contribution in [1.82, 2.24) is 9.97 Å². The second-order valence-corrected chi connectivity index (χ2v) is 6.33. The minimum absolute atomic E-state index is 0.0775. The van der Waals surface area contributed by atoms with Gasteiger partial charge in [0.25, 0.3) is 0 Å². The van der Waals surface area contributed by atoms with Crippen LogP contribution in [0.5, 0.6) is 0 Å². The summed E-state index contributed by atoms with van der Waals surface area (Å²) in [6.45, 7) is 0. The second-order valence-electron chi connectivity index (χ2n) is 5.93. The van der Waals surface area contributed by atoms with Gasteiger partial charge >= 0.3 is 6.18 Å². The van der Waals surface area contributed by atoms with Crippen molar-refractivity contribution in [3.63, 3.8) is 0 Å². The van der Waals surface area contributed by atoms with Gasteiger partial charge in [0.15, 0.2) is 11.6 Å². The number of anilines is 4. The first-order chi connectivity index (χ1) is 11.8. The smallest absolute Gasteiger partial charge is 0.393 e. The quantitative estimate of drug-likeness (QED) is 0.717. The molecule has 1 saturated carbocycles. The van der Waals surface area contributed by atoms with Crippen molar-refractivity contribution in [3.05, 3.63) is 35.1 Å². The fraction of sp³-hybridized carbons (Fsp3) is 0.375. The molecule has 0 unspecified atom stereocenters. The van der Waals surface area contributed by atoms with Crippen LogP contribution in [0.25, 0.3) is 0 Å². The standard InChI is InChI=1S/C16H17ClF3N5/c17-11-6-5-9(16(18,19)20)7-12(11)25-15-13(21)14(22-8-23-15)24-10-3-1-2-4-10/h5-8,10H,1-4,21H2,(H2,22,23,24,25). The normalized spacial score (nSPS) is 15.4. The summed E-state index contributed by atoms with van der Waals surface area (Å²) in [4.78, 5) is 8.14. The molecule has 0 atom stereocenters. The summed E-state index contributed by atoms with van der Waals surface area (Å²) >= 11 is 6.00. The fourth-order valence-electron chi connectivity index (χ4n) is 2.80. The molecule has 1 heterocycles. The van der Waals surface area contributed by atoms with Crippen LogP contribution in [0.1, 0.15) is 31.2 Å². The maximum absolute atomic E-state index is 12.9. The van der Waals surface area contributed by atoms with Gasteiger partial charge in [0.2, 0.25) is 0 Å². The van der Waals surface area contributed by atoms with Gasteiger partial charge in [-0.1, -0.05) is 24.4 Å². The number of benzene rings is 1. The van der Waals surface area contributed by atoms with Crippen molar-refractivity contribution >= 4 is 34.6 Å². The predicted octanol–water partition coefficient (Wildman–Crippen LogP) is 4.83. The Balaban J connectivity index is 1.85. The topological polar surface area (TPSA) is 75.9 Å². The molecule has 1 aliphatic rings. The van der Waals surface area contributed by atoms with Crippen LogP contribution < -0.4 is 16.4 Å². The molecule has 0 amide bonds. The molecule has 134 valence electrons. The number of nitrogens with two attached hydrogens (primary N) is 1. The summed E-state index contributed by atoms with van der Waals surface area (Å²) in [6.07, 6.45) is 1.20. The van der Waals surface area contributed by atoms with Gasteiger partial charge in [0.1, 0.15) is 12.0 Å². The van der Waals surface area contributed by atoms with Crippen LogP contribution in [0.2, 0.25) is 5.02 Å². The van der Waals surface area contributed by atoms with Gasteiger partial charge in [-0.3, -0.25) is 0 Å². The number of hydrogen-bond acceptors (Lipinski definition) is 5. The van der Waals surface area contributed by atoms with E-state index in [2.05, 4.69) is 20.6 Å². The molecule has 9 heteroatoms. The minimum Gasteiger partial charge on any atom is -0.393 e. The lowest BCUT2D eigenvalue weighted by Gasteiger charge is -2.17. The van der Waals surface area contributed by atoms with Crippen molar-refractivity contribution in [2.75, 3.05) is 16.4 Å². The highest BCUT2D eigenvalue weighted by molar-refractivity contribution is 6.33. The molecule has 1 fully saturated rings. The lowest BCUT2D eigenvalue weighted by molar-refractivity contribution is -0.137. The molecule has 4 N–H and O–H groups in total. The van der Waals surface area contributed by atoms with E-state index in [1.165, 1.54) is 12.4 Å². The largest absolute Gasteiger partial charge is 0.416 e. The molecule has 0 aliphatic heterocycles. The Hall–Kier alpha value is -2.22. The monoisotopic (exact) mass is 371 g/mol. The molecular formula is C16H17ClF3N5. The molecule has 0 radical (unpaired) electrons. The first-order valence-electron chi connectivity index (χ1n) is 7.85. The third kappa shape index (κ3) is 4.07. The molecule has 3 rings (SSSR count). The van der Waals surface area contributed by atoms with Crippen LogP contribution in [0.15, 0.2) is 24.5 Å². The molecule has 2 aromatic rings. The first-order valence-corrected chi connectivity index (χ1v) is 8.23. The summed E-state index contributed by atoms with van der Waals surface area (Å²) in [5.41, 5.74) is 5.58. The third-order valence-corrected chi connectivity index (χ3v) is 4.46. The average Bonchev–Trinajstić information content (AvgIpc) is 3.05. The Labute approximate surface area is 147 Å². The molecule has 1 aromatic carbocycles. The molecule has 0 bridgehead atoms. The lowest BCUT2D eigenvalue weighted by Crippen LogP contribution is -2.17. The highest BCUT2D eigenvalue weighted by Crippen LogP contribution is 2.36. The van der Waals surface area contributed by atoms with Crippen molar-refractivity contribution in [2.45, 2.75) is 37.9 Å². The summed E-state index contributed by atoms with van der Waals surface area (Å²) in [7, 11) is 0. The van der Waals surface area contributed by atoms with E-state index in [9.17, 15) is 13.2 Å². The molecule has 25 heavy (non-hydrogen) atoms. The number of halogens is 4. The SMILES string of the molecule is Nc1c(Nc2cc(C(F)(F)F)ccc2Cl)ncnc1NC1CCCC1. The van der Waals surface area contributed by atoms with Gasteiger partial charge in [0.05, 0.1) is 16.3 Å². The zero-order valence-corrected chi connectivity index (χ0v) is 14.0. The number of aromatic nitrogens is 2. The Morgan fingerprint density at radius 3 is 2.48 bits per heavy atom. The van der Waals surface area contributed by atoms with Crippen LogP contribution in [-0.4, -0.2) is 16.0 Å². The van der Waals surface area contributed by atoms with Gasteiger partial charge in [-0.05, 0) is 31.0 Å². The number of hydrogen-bond donors (Lipinski definition) is 3. The molecule has 1 aliphatic carbocycles. The third-order valence-electron chi connectivity index (χ3n) is 4.13. The Kier molecular flexibility index (Phi) is 4.89. The molecule has 1 aromatic heterocycles. The molecule has 0 spiro atoms. The van der Waals surface area contributed by atoms with Crippen molar-refractivity contribution in [1.29, 1.82) is 0 Å². The van der Waals surface area contributed by atoms with Crippen molar-refractivity contribution < 1.29 is 13.2 Å². The van der Waals surface area contributed by atoms with Gasteiger partial charge in [-0.25, -0.2) is 9.97 Å². The van der Waals surface area contributed by atoms with Crippen LogP contribution in [0, 0.1) is 0 Å². The number of alkyl halides is 3. The van der Waals surface area contributed by atoms with Crippen LogP contribution in [0.3, 0.4) is 0 Å². The predicted molar refractivity (Wildman–Crippen MR) is 92.1 cm³/mol. The van der Waals surface area contributed by atoms with Crippen molar-refractivity contribution in [3.8, 4) is 0 Å². The zero-order chi connectivity index (χ0) is 18.0. The van der Waals surface area contributed by atoms with Crippen LogP contribution >= 0.6 is 11.6 Å². The van der Waals surface area contributed by atoms with E-state index >= 15 is 0 Å². The fourth-order valence-corrected chi connectivity index (χ4v) is 2.96. The van der Waals surface area contributed by atoms with Gasteiger partial charge in [-0.2, -0.15) is 13.2 Å². The van der Waals surface area contributed by atoms with Crippen molar-refractivity contribution in [2.24, 2.45) is 0 Å². The highest BCUT2D eigenvalue weighted by atomic mass is 35.5. The number of nitrogens with zero attached hydrogens (tertiary/aromatic N) is 2. The summed E-state index contributed by atoms with van der Waals surface area (Å²) in [6, 6.07) is 3.32. The maximum atomic E-state index is 12.9. The summed E-state index contributed by atoms with van der Waals surface area (Å²) < 4.78 is 38.6. The number of rotatable bonds is 4. The number of nitrogens with one attached hydrogen (secondary N) is 2. The lowest BCUT2D eigenvalue weighted by atomic mass is 10.2. The van der Waals surface area contributed by atoms with Crippen LogP contribution in [-0.2, 0) is 6.18 Å². The first kappa shape index (κ1) is 17.6. The summed E-state index contributed by atoms with van der Waals surface area (Å²) in [5, 5.41) is 6.16. The van der Waals surface area contributed by atoms with E-state index < -0.39 is 11.7 Å². The van der Waals surface area contributed by atoms with Gasteiger partial charge in [-0.15, -0.1) is 0 Å². The van der Waals surface area contributed by atoms with E-state index in [0.717, 1.165) is 37.8 Å². The Morgan fingerprint density at radius 1 is 1.12 bits per heavy atom. The summed E-state index contributed by atoms with van der Waals surface area (Å²) in [5.74, 6) is 0.671. The van der Waals surface area contributed by atoms with E-state index in [-0.39, 0.29) is 22.2 Å². The van der Waals surface area contributed by atoms with E-state index in [4.69, 9.17) is 17.3 Å². The minimum atomic E-state index is -4.46. The van der Waals surface area contributed by atoms with Crippen LogP contribution in [0.4, 0.5) is 36.2 Å². The Bertz CT molecular complexity index is 760. The number of nitrogen functional groups attached to an aromatic ring is 1. The molecule has 0 saturated heterocycles. The maximum Gasteiger partial charge on any atom is 0.416 e. The molecule has 5 nitrogen and oxygen atoms in total. The highest BCUT2D eigenvalue weighted by Gasteiger charge is 2.31. The van der Waals surface area contributed by atoms with E-state index in [1.54, 1.807) is 0 Å². The average molecular weight is 372 g/mol. The van der Waals surface area contributed by atoms with Gasteiger partial charge < -0.3 is 16.4 Å².